The lowest BCUT2D eigenvalue weighted by molar-refractivity contribution is -0.138. The Morgan fingerprint density at radius 2 is 1.87 bits per heavy atom. The first-order valence-corrected chi connectivity index (χ1v) is 11.8. The van der Waals surface area contributed by atoms with Crippen molar-refractivity contribution in [3.05, 3.63) is 69.5 Å². The van der Waals surface area contributed by atoms with Crippen molar-refractivity contribution in [2.24, 2.45) is 0 Å². The predicted octanol–water partition coefficient (Wildman–Crippen LogP) is 3.95. The number of halogens is 4. The zero-order chi connectivity index (χ0) is 28.6. The van der Waals surface area contributed by atoms with Gasteiger partial charge in [0, 0.05) is 54.8 Å². The molecule has 4 rings (SSSR count). The number of H-pyrrole nitrogens is 1. The third-order valence-electron chi connectivity index (χ3n) is 6.81. The van der Waals surface area contributed by atoms with Crippen LogP contribution in [0.4, 0.5) is 28.9 Å². The summed E-state index contributed by atoms with van der Waals surface area (Å²) in [6.45, 7) is 4.81. The topological polar surface area (TPSA) is 125 Å². The first-order chi connectivity index (χ1) is 18.3. The van der Waals surface area contributed by atoms with Crippen LogP contribution in [-0.4, -0.2) is 58.1 Å². The molecule has 0 radical (unpaired) electrons. The van der Waals surface area contributed by atoms with Gasteiger partial charge in [-0.1, -0.05) is 0 Å². The molecular formula is C26H24F4N6O3. The number of alkyl halides is 3. The summed E-state index contributed by atoms with van der Waals surface area (Å²) in [6, 6.07) is 5.71. The molecule has 0 saturated carbocycles. The molecular weight excluding hydrogens is 520 g/mol. The number of piperazine rings is 1. The van der Waals surface area contributed by atoms with Crippen molar-refractivity contribution in [2.45, 2.75) is 32.1 Å². The first kappa shape index (κ1) is 27.6. The third kappa shape index (κ3) is 5.56. The van der Waals surface area contributed by atoms with Gasteiger partial charge in [-0.15, -0.1) is 0 Å². The average molecular weight is 545 g/mol. The van der Waals surface area contributed by atoms with Crippen LogP contribution >= 0.6 is 0 Å². The number of rotatable bonds is 4. The molecule has 1 aliphatic rings. The lowest BCUT2D eigenvalue weighted by Crippen LogP contribution is -2.55. The third-order valence-corrected chi connectivity index (χ3v) is 6.81. The van der Waals surface area contributed by atoms with Crippen molar-refractivity contribution in [3.63, 3.8) is 0 Å². The highest BCUT2D eigenvalue weighted by Crippen LogP contribution is 2.37. The number of benzene rings is 1. The molecule has 0 bridgehead atoms. The van der Waals surface area contributed by atoms with Crippen LogP contribution in [0.15, 0.2) is 41.5 Å². The minimum absolute atomic E-state index is 0.00580. The monoisotopic (exact) mass is 544 g/mol. The molecule has 1 saturated heterocycles. The van der Waals surface area contributed by atoms with E-state index in [0.717, 1.165) is 12.3 Å². The summed E-state index contributed by atoms with van der Waals surface area (Å²) >= 11 is 0. The summed E-state index contributed by atoms with van der Waals surface area (Å²) in [4.78, 5) is 34.4. The van der Waals surface area contributed by atoms with Gasteiger partial charge in [0.1, 0.15) is 17.4 Å². The quantitative estimate of drug-likeness (QED) is 0.425. The summed E-state index contributed by atoms with van der Waals surface area (Å²) in [5, 5.41) is 21.4. The van der Waals surface area contributed by atoms with E-state index in [-0.39, 0.29) is 40.1 Å². The molecule has 0 unspecified atom stereocenters. The zero-order valence-electron chi connectivity index (χ0n) is 21.1. The maximum absolute atomic E-state index is 15.5. The number of hydrogen-bond acceptors (Lipinski definition) is 7. The summed E-state index contributed by atoms with van der Waals surface area (Å²) in [6.07, 6.45) is -3.18. The van der Waals surface area contributed by atoms with Gasteiger partial charge in [0.15, 0.2) is 0 Å². The fourth-order valence-electron chi connectivity index (χ4n) is 4.52. The molecule has 2 aromatic heterocycles. The molecule has 9 nitrogen and oxygen atoms in total. The maximum Gasteiger partial charge on any atom is 0.417 e. The van der Waals surface area contributed by atoms with Crippen molar-refractivity contribution in [2.75, 3.05) is 30.4 Å². The number of nitrogens with one attached hydrogen (secondary N) is 2. The normalized spacial score (nSPS) is 18.1. The number of likely N-dealkylation sites (N-methyl/N-ethyl adjacent to an activating group) is 1. The molecule has 0 spiro atoms. The summed E-state index contributed by atoms with van der Waals surface area (Å²) in [5.41, 5.74) is -3.25. The van der Waals surface area contributed by atoms with Gasteiger partial charge in [-0.2, -0.15) is 18.4 Å². The molecule has 3 heterocycles. The summed E-state index contributed by atoms with van der Waals surface area (Å²) in [5.74, 6) is -2.46. The van der Waals surface area contributed by atoms with Gasteiger partial charge in [0.25, 0.3) is 5.91 Å². The maximum atomic E-state index is 15.5. The molecule has 2 atom stereocenters. The summed E-state index contributed by atoms with van der Waals surface area (Å²) in [7, 11) is 1.94. The number of aromatic nitrogens is 2. The Balaban J connectivity index is 1.85. The lowest BCUT2D eigenvalue weighted by atomic mass is 10.0. The van der Waals surface area contributed by atoms with Crippen LogP contribution in [-0.2, 0) is 6.18 Å². The molecule has 1 aliphatic heterocycles. The number of carbonyl (C=O) groups is 1. The predicted molar refractivity (Wildman–Crippen MR) is 135 cm³/mol. The zero-order valence-corrected chi connectivity index (χ0v) is 21.1. The van der Waals surface area contributed by atoms with Gasteiger partial charge >= 0.3 is 6.18 Å². The largest absolute Gasteiger partial charge is 0.492 e. The van der Waals surface area contributed by atoms with Crippen LogP contribution in [0, 0.1) is 17.1 Å². The highest BCUT2D eigenvalue weighted by Gasteiger charge is 2.36. The van der Waals surface area contributed by atoms with Crippen molar-refractivity contribution < 1.29 is 27.5 Å². The number of aromatic amines is 1. The second kappa shape index (κ2) is 10.4. The Hall–Kier alpha value is -4.44. The molecule has 13 heteroatoms. The molecule has 39 heavy (non-hydrogen) atoms. The highest BCUT2D eigenvalue weighted by atomic mass is 19.4. The van der Waals surface area contributed by atoms with Gasteiger partial charge in [0.2, 0.25) is 11.4 Å². The molecule has 1 aromatic carbocycles. The molecule has 0 aliphatic carbocycles. The number of pyridine rings is 2. The second-order valence-electron chi connectivity index (χ2n) is 9.40. The first-order valence-electron chi connectivity index (χ1n) is 11.8. The number of anilines is 2. The fraction of sp³-hybridized carbons (Fsp3) is 0.308. The number of nitrogens with zero attached hydrogens (tertiary/aromatic N) is 4. The van der Waals surface area contributed by atoms with Gasteiger partial charge in [-0.25, -0.2) is 9.37 Å². The van der Waals surface area contributed by atoms with E-state index < -0.39 is 40.5 Å². The standard InChI is InChI=1S/C26H24F4N6O3/c1-13-11-36(12-14(2)35(13)3)22-7-20(27)17(16-4-15(8-31)24(38)33-9-16)5-21(22)34-25(39)18-10-32-23(37)6-19(18)26(28,29)30/h4-7,9-10,13-14H,11-12H2,1-3H3,(H,32,37)(H,33,38)(H,34,39)/t13-,14+. The Labute approximate surface area is 220 Å². The van der Waals surface area contributed by atoms with E-state index in [1.807, 2.05) is 25.8 Å². The Kier molecular flexibility index (Phi) is 7.34. The number of nitriles is 1. The fourth-order valence-corrected chi connectivity index (χ4v) is 4.52. The minimum Gasteiger partial charge on any atom is -0.492 e. The second-order valence-corrected chi connectivity index (χ2v) is 9.40. The van der Waals surface area contributed by atoms with Gasteiger partial charge in [-0.3, -0.25) is 14.5 Å². The van der Waals surface area contributed by atoms with Crippen LogP contribution in [0.2, 0.25) is 0 Å². The van der Waals surface area contributed by atoms with E-state index in [1.165, 1.54) is 12.1 Å². The van der Waals surface area contributed by atoms with Crippen LogP contribution < -0.4 is 15.8 Å². The number of amides is 1. The van der Waals surface area contributed by atoms with Crippen LogP contribution in [0.5, 0.6) is 5.88 Å². The van der Waals surface area contributed by atoms with Crippen molar-refractivity contribution in [3.8, 4) is 23.1 Å². The highest BCUT2D eigenvalue weighted by molar-refractivity contribution is 6.07. The molecule has 204 valence electrons. The SMILES string of the molecule is C[C@@H]1CN(c2cc(F)c(-c3cnc(O)c(C#N)c3)cc2NC(=O)c2c[nH]c(=O)cc2C(F)(F)F)C[C@H](C)N1C. The van der Waals surface area contributed by atoms with E-state index in [4.69, 9.17) is 0 Å². The van der Waals surface area contributed by atoms with Crippen LogP contribution in [0.3, 0.4) is 0 Å². The molecule has 1 amide bonds. The lowest BCUT2D eigenvalue weighted by Gasteiger charge is -2.44. The Bertz CT molecular complexity index is 1520. The number of hydrogen-bond donors (Lipinski definition) is 3. The van der Waals surface area contributed by atoms with Crippen LogP contribution in [0.25, 0.3) is 11.1 Å². The van der Waals surface area contributed by atoms with Crippen molar-refractivity contribution in [1.29, 1.82) is 5.26 Å². The van der Waals surface area contributed by atoms with E-state index in [2.05, 4.69) is 20.2 Å². The molecule has 3 N–H and O–H groups in total. The Morgan fingerprint density at radius 3 is 2.49 bits per heavy atom. The Morgan fingerprint density at radius 1 is 1.21 bits per heavy atom. The van der Waals surface area contributed by atoms with E-state index in [9.17, 15) is 33.1 Å². The van der Waals surface area contributed by atoms with Gasteiger partial charge in [0.05, 0.1) is 22.5 Å². The van der Waals surface area contributed by atoms with E-state index >= 15 is 4.39 Å². The average Bonchev–Trinajstić information content (AvgIpc) is 2.87. The number of carbonyl (C=O) groups excluding carboxylic acids is 1. The minimum atomic E-state index is -4.98. The smallest absolute Gasteiger partial charge is 0.417 e. The van der Waals surface area contributed by atoms with Crippen molar-refractivity contribution in [1.82, 2.24) is 14.9 Å². The molecule has 1 fully saturated rings. The summed E-state index contributed by atoms with van der Waals surface area (Å²) < 4.78 is 56.3. The van der Waals surface area contributed by atoms with Gasteiger partial charge in [-0.05, 0) is 39.1 Å². The van der Waals surface area contributed by atoms with E-state index in [1.54, 1.807) is 6.07 Å². The van der Waals surface area contributed by atoms with Crippen molar-refractivity contribution >= 4 is 17.3 Å². The van der Waals surface area contributed by atoms with Gasteiger partial charge < -0.3 is 20.3 Å². The van der Waals surface area contributed by atoms with E-state index in [0.29, 0.717) is 25.4 Å². The molecule has 3 aromatic rings. The number of aromatic hydroxyl groups is 1. The van der Waals surface area contributed by atoms with Crippen LogP contribution in [0.1, 0.15) is 35.3 Å².